The minimum Gasteiger partial charge on any atom is -0.383 e. The first-order chi connectivity index (χ1) is 9.06. The number of ether oxygens (including phenoxy) is 2. The summed E-state index contributed by atoms with van der Waals surface area (Å²) in [6.07, 6.45) is 2.34. The van der Waals surface area contributed by atoms with Crippen molar-refractivity contribution < 1.29 is 9.47 Å². The van der Waals surface area contributed by atoms with Crippen molar-refractivity contribution in [2.45, 2.75) is 58.7 Å². The lowest BCUT2D eigenvalue weighted by atomic mass is 10.1. The van der Waals surface area contributed by atoms with E-state index in [1.54, 1.807) is 14.2 Å². The summed E-state index contributed by atoms with van der Waals surface area (Å²) >= 11 is 0. The summed E-state index contributed by atoms with van der Waals surface area (Å²) < 4.78 is 10.5. The fourth-order valence-electron chi connectivity index (χ4n) is 2.53. The summed E-state index contributed by atoms with van der Waals surface area (Å²) in [5.74, 6) is 0. The Kier molecular flexibility index (Phi) is 11.6. The highest BCUT2D eigenvalue weighted by atomic mass is 16.5. The third kappa shape index (κ3) is 8.58. The molecule has 0 rings (SSSR count). The van der Waals surface area contributed by atoms with Gasteiger partial charge in [-0.15, -0.1) is 0 Å². The van der Waals surface area contributed by atoms with Crippen molar-refractivity contribution in [1.29, 1.82) is 0 Å². The lowest BCUT2D eigenvalue weighted by Crippen LogP contribution is -2.46. The Morgan fingerprint density at radius 3 is 2.26 bits per heavy atom. The molecule has 0 aliphatic rings. The fraction of sp³-hybridized carbons (Fsp3) is 1.00. The largest absolute Gasteiger partial charge is 0.383 e. The lowest BCUT2D eigenvalue weighted by molar-refractivity contribution is 0.0470. The quantitative estimate of drug-likeness (QED) is 0.591. The van der Waals surface area contributed by atoms with Crippen LogP contribution in [0.25, 0.3) is 0 Å². The SMILES string of the molecule is CCCNC(C)CC(C)N(CCOC)C(C)COC. The van der Waals surface area contributed by atoms with Crippen LogP contribution in [0.1, 0.15) is 40.5 Å². The van der Waals surface area contributed by atoms with Gasteiger partial charge in [0, 0.05) is 38.9 Å². The highest BCUT2D eigenvalue weighted by Gasteiger charge is 2.21. The van der Waals surface area contributed by atoms with Gasteiger partial charge in [-0.3, -0.25) is 4.90 Å². The molecule has 0 saturated heterocycles. The van der Waals surface area contributed by atoms with Crippen LogP contribution in [0, 0.1) is 0 Å². The van der Waals surface area contributed by atoms with Crippen molar-refractivity contribution in [1.82, 2.24) is 10.2 Å². The van der Waals surface area contributed by atoms with Crippen molar-refractivity contribution in [2.24, 2.45) is 0 Å². The zero-order valence-corrected chi connectivity index (χ0v) is 13.7. The van der Waals surface area contributed by atoms with Gasteiger partial charge in [-0.2, -0.15) is 0 Å². The van der Waals surface area contributed by atoms with Gasteiger partial charge in [0.2, 0.25) is 0 Å². The van der Waals surface area contributed by atoms with Crippen LogP contribution in [0.4, 0.5) is 0 Å². The average molecular weight is 274 g/mol. The first kappa shape index (κ1) is 18.8. The molecule has 0 aliphatic heterocycles. The van der Waals surface area contributed by atoms with Crippen LogP contribution in [0.3, 0.4) is 0 Å². The number of hydrogen-bond donors (Lipinski definition) is 1. The predicted octanol–water partition coefficient (Wildman–Crippen LogP) is 2.14. The molecular weight excluding hydrogens is 240 g/mol. The molecule has 3 atom stereocenters. The number of hydrogen-bond acceptors (Lipinski definition) is 4. The van der Waals surface area contributed by atoms with Gasteiger partial charge in [0.1, 0.15) is 0 Å². The normalized spacial score (nSPS) is 16.6. The molecule has 0 aromatic carbocycles. The number of methoxy groups -OCH3 is 2. The molecule has 0 saturated carbocycles. The standard InChI is InChI=1S/C15H34N2O2/c1-7-8-16-13(2)11-14(3)17(9-10-18-5)15(4)12-19-6/h13-16H,7-12H2,1-6H3. The second kappa shape index (κ2) is 11.6. The predicted molar refractivity (Wildman–Crippen MR) is 81.8 cm³/mol. The van der Waals surface area contributed by atoms with Crippen LogP contribution >= 0.6 is 0 Å². The highest BCUT2D eigenvalue weighted by molar-refractivity contribution is 4.77. The third-order valence-electron chi connectivity index (χ3n) is 3.53. The molecule has 3 unspecified atom stereocenters. The molecule has 0 spiro atoms. The molecule has 19 heavy (non-hydrogen) atoms. The van der Waals surface area contributed by atoms with Crippen LogP contribution in [-0.4, -0.2) is 63.5 Å². The van der Waals surface area contributed by atoms with Gasteiger partial charge >= 0.3 is 0 Å². The molecule has 0 aromatic rings. The van der Waals surface area contributed by atoms with E-state index in [0.29, 0.717) is 18.1 Å². The van der Waals surface area contributed by atoms with E-state index in [0.717, 1.165) is 32.7 Å². The topological polar surface area (TPSA) is 33.7 Å². The van der Waals surface area contributed by atoms with Crippen molar-refractivity contribution in [3.63, 3.8) is 0 Å². The Morgan fingerprint density at radius 2 is 1.74 bits per heavy atom. The van der Waals surface area contributed by atoms with Gasteiger partial charge < -0.3 is 14.8 Å². The minimum absolute atomic E-state index is 0.425. The van der Waals surface area contributed by atoms with Crippen LogP contribution < -0.4 is 5.32 Å². The van der Waals surface area contributed by atoms with Gasteiger partial charge in [0.05, 0.1) is 13.2 Å². The van der Waals surface area contributed by atoms with Crippen molar-refractivity contribution in [2.75, 3.05) is 40.5 Å². The maximum Gasteiger partial charge on any atom is 0.0615 e. The molecule has 116 valence electrons. The molecule has 0 bridgehead atoms. The maximum atomic E-state index is 5.29. The van der Waals surface area contributed by atoms with Crippen LogP contribution in [0.15, 0.2) is 0 Å². The van der Waals surface area contributed by atoms with Crippen LogP contribution in [-0.2, 0) is 9.47 Å². The smallest absolute Gasteiger partial charge is 0.0615 e. The number of nitrogens with zero attached hydrogens (tertiary/aromatic N) is 1. The molecule has 1 N–H and O–H groups in total. The fourth-order valence-corrected chi connectivity index (χ4v) is 2.53. The summed E-state index contributed by atoms with van der Waals surface area (Å²) in [5.41, 5.74) is 0. The van der Waals surface area contributed by atoms with Crippen molar-refractivity contribution >= 4 is 0 Å². The Balaban J connectivity index is 4.30. The average Bonchev–Trinajstić information content (AvgIpc) is 2.37. The van der Waals surface area contributed by atoms with Gasteiger partial charge in [-0.1, -0.05) is 6.92 Å². The first-order valence-corrected chi connectivity index (χ1v) is 7.53. The van der Waals surface area contributed by atoms with Crippen molar-refractivity contribution in [3.05, 3.63) is 0 Å². The molecule has 0 radical (unpaired) electrons. The zero-order chi connectivity index (χ0) is 14.7. The number of nitrogens with one attached hydrogen (secondary N) is 1. The Bertz CT molecular complexity index is 203. The van der Waals surface area contributed by atoms with E-state index in [-0.39, 0.29) is 0 Å². The van der Waals surface area contributed by atoms with E-state index in [1.165, 1.54) is 6.42 Å². The van der Waals surface area contributed by atoms with E-state index in [4.69, 9.17) is 9.47 Å². The van der Waals surface area contributed by atoms with E-state index >= 15 is 0 Å². The molecule has 0 amide bonds. The van der Waals surface area contributed by atoms with Gasteiger partial charge in [0.25, 0.3) is 0 Å². The monoisotopic (exact) mass is 274 g/mol. The molecule has 4 nitrogen and oxygen atoms in total. The Labute approximate surface area is 119 Å². The molecule has 0 aromatic heterocycles. The summed E-state index contributed by atoms with van der Waals surface area (Å²) in [4.78, 5) is 2.48. The second-order valence-corrected chi connectivity index (χ2v) is 5.47. The van der Waals surface area contributed by atoms with Crippen LogP contribution in [0.5, 0.6) is 0 Å². The minimum atomic E-state index is 0.425. The highest BCUT2D eigenvalue weighted by Crippen LogP contribution is 2.11. The Morgan fingerprint density at radius 1 is 1.05 bits per heavy atom. The first-order valence-electron chi connectivity index (χ1n) is 7.53. The lowest BCUT2D eigenvalue weighted by Gasteiger charge is -2.35. The summed E-state index contributed by atoms with van der Waals surface area (Å²) in [5, 5.41) is 3.56. The molecule has 0 fully saturated rings. The van der Waals surface area contributed by atoms with Crippen molar-refractivity contribution in [3.8, 4) is 0 Å². The molecule has 4 heteroatoms. The second-order valence-electron chi connectivity index (χ2n) is 5.47. The zero-order valence-electron chi connectivity index (χ0n) is 13.7. The Hall–Kier alpha value is -0.160. The van der Waals surface area contributed by atoms with E-state index in [9.17, 15) is 0 Å². The number of rotatable bonds is 12. The summed E-state index contributed by atoms with van der Waals surface area (Å²) in [6.45, 7) is 12.6. The van der Waals surface area contributed by atoms with Gasteiger partial charge in [0.15, 0.2) is 0 Å². The van der Waals surface area contributed by atoms with Crippen LogP contribution in [0.2, 0.25) is 0 Å². The van der Waals surface area contributed by atoms with Gasteiger partial charge in [-0.05, 0) is 40.2 Å². The molecular formula is C15H34N2O2. The molecule has 0 aliphatic carbocycles. The van der Waals surface area contributed by atoms with E-state index < -0.39 is 0 Å². The van der Waals surface area contributed by atoms with E-state index in [1.807, 2.05) is 0 Å². The van der Waals surface area contributed by atoms with E-state index in [2.05, 4.69) is 37.9 Å². The molecule has 0 heterocycles. The maximum absolute atomic E-state index is 5.29. The van der Waals surface area contributed by atoms with Gasteiger partial charge in [-0.25, -0.2) is 0 Å². The summed E-state index contributed by atoms with van der Waals surface area (Å²) in [6, 6.07) is 1.50. The summed E-state index contributed by atoms with van der Waals surface area (Å²) in [7, 11) is 3.52. The third-order valence-corrected chi connectivity index (χ3v) is 3.53.